The Morgan fingerprint density at radius 2 is 1.71 bits per heavy atom. The lowest BCUT2D eigenvalue weighted by Gasteiger charge is -2.12. The van der Waals surface area contributed by atoms with E-state index >= 15 is 0 Å². The molecule has 1 aliphatic rings. The number of carbonyl (C=O) groups excluding carboxylic acids is 2. The molecule has 31 heavy (non-hydrogen) atoms. The number of ether oxygens (including phenoxy) is 1. The number of rotatable bonds is 6. The molecule has 1 heterocycles. The van der Waals surface area contributed by atoms with Crippen LogP contribution in [0.1, 0.15) is 16.7 Å². The summed E-state index contributed by atoms with van der Waals surface area (Å²) in [4.78, 5) is 26.5. The summed E-state index contributed by atoms with van der Waals surface area (Å²) in [5.74, 6) is -0.197. The van der Waals surface area contributed by atoms with Gasteiger partial charge in [-0.25, -0.2) is 4.39 Å². The van der Waals surface area contributed by atoms with E-state index in [9.17, 15) is 14.0 Å². The summed E-state index contributed by atoms with van der Waals surface area (Å²) in [6, 6.07) is 20.8. The van der Waals surface area contributed by atoms with Gasteiger partial charge in [0.1, 0.15) is 18.2 Å². The zero-order valence-corrected chi connectivity index (χ0v) is 17.8. The molecule has 1 aliphatic heterocycles. The summed E-state index contributed by atoms with van der Waals surface area (Å²) < 4.78 is 19.5. The Morgan fingerprint density at radius 1 is 0.968 bits per heavy atom. The Morgan fingerprint density at radius 3 is 2.42 bits per heavy atom. The van der Waals surface area contributed by atoms with Gasteiger partial charge in [0.15, 0.2) is 0 Å². The standard InChI is InChI=1S/C24H17ClFNO3S/c25-20-7-4-8-21(26)19(20)15-30-18-11-9-16(10-12-18)13-22-23(28)27(24(29)31-22)14-17-5-2-1-3-6-17/h1-13H,14-15H2/b22-13-. The first-order chi connectivity index (χ1) is 15.0. The number of imide groups is 1. The number of hydrogen-bond acceptors (Lipinski definition) is 4. The van der Waals surface area contributed by atoms with Gasteiger partial charge < -0.3 is 4.74 Å². The smallest absolute Gasteiger partial charge is 0.293 e. The summed E-state index contributed by atoms with van der Waals surface area (Å²) in [5.41, 5.74) is 1.93. The zero-order valence-electron chi connectivity index (χ0n) is 16.3. The molecule has 1 fully saturated rings. The second kappa shape index (κ2) is 9.37. The Labute approximate surface area is 188 Å². The van der Waals surface area contributed by atoms with Crippen LogP contribution in [0.15, 0.2) is 77.7 Å². The van der Waals surface area contributed by atoms with E-state index in [1.54, 1.807) is 36.4 Å². The van der Waals surface area contributed by atoms with Crippen LogP contribution in [-0.2, 0) is 17.9 Å². The second-order valence-corrected chi connectivity index (χ2v) is 8.21. The van der Waals surface area contributed by atoms with E-state index in [2.05, 4.69) is 0 Å². The van der Waals surface area contributed by atoms with Crippen LogP contribution in [-0.4, -0.2) is 16.0 Å². The normalized spacial score (nSPS) is 15.0. The third kappa shape index (κ3) is 4.98. The molecule has 0 radical (unpaired) electrons. The van der Waals surface area contributed by atoms with Crippen molar-refractivity contribution in [3.63, 3.8) is 0 Å². The predicted molar refractivity (Wildman–Crippen MR) is 120 cm³/mol. The average Bonchev–Trinajstić information content (AvgIpc) is 3.02. The first-order valence-electron chi connectivity index (χ1n) is 9.46. The van der Waals surface area contributed by atoms with Crippen LogP contribution in [0.4, 0.5) is 9.18 Å². The number of amides is 2. The van der Waals surface area contributed by atoms with E-state index < -0.39 is 5.82 Å². The highest BCUT2D eigenvalue weighted by atomic mass is 35.5. The largest absolute Gasteiger partial charge is 0.489 e. The van der Waals surface area contributed by atoms with Crippen LogP contribution in [0, 0.1) is 5.82 Å². The minimum atomic E-state index is -0.421. The summed E-state index contributed by atoms with van der Waals surface area (Å²) in [7, 11) is 0. The van der Waals surface area contributed by atoms with Crippen LogP contribution in [0.5, 0.6) is 5.75 Å². The van der Waals surface area contributed by atoms with Crippen molar-refractivity contribution in [2.45, 2.75) is 13.2 Å². The molecule has 0 spiro atoms. The van der Waals surface area contributed by atoms with Crippen molar-refractivity contribution in [2.24, 2.45) is 0 Å². The molecule has 0 atom stereocenters. The molecule has 0 bridgehead atoms. The number of nitrogens with zero attached hydrogens (tertiary/aromatic N) is 1. The molecule has 0 N–H and O–H groups in total. The average molecular weight is 454 g/mol. The minimum Gasteiger partial charge on any atom is -0.489 e. The summed E-state index contributed by atoms with van der Waals surface area (Å²) >= 11 is 6.93. The molecule has 1 saturated heterocycles. The highest BCUT2D eigenvalue weighted by molar-refractivity contribution is 8.18. The molecule has 7 heteroatoms. The van der Waals surface area contributed by atoms with Gasteiger partial charge in [0, 0.05) is 5.56 Å². The van der Waals surface area contributed by atoms with Gasteiger partial charge >= 0.3 is 0 Å². The molecule has 4 nitrogen and oxygen atoms in total. The summed E-state index contributed by atoms with van der Waals surface area (Å²) in [6.07, 6.45) is 1.67. The van der Waals surface area contributed by atoms with Crippen molar-refractivity contribution in [3.05, 3.63) is 105 Å². The summed E-state index contributed by atoms with van der Waals surface area (Å²) in [6.45, 7) is 0.247. The van der Waals surface area contributed by atoms with E-state index in [4.69, 9.17) is 16.3 Å². The van der Waals surface area contributed by atoms with Gasteiger partial charge in [-0.1, -0.05) is 60.1 Å². The molecular formula is C24H17ClFNO3S. The van der Waals surface area contributed by atoms with Gasteiger partial charge in [0.25, 0.3) is 11.1 Å². The highest BCUT2D eigenvalue weighted by Crippen LogP contribution is 2.33. The fourth-order valence-electron chi connectivity index (χ4n) is 3.04. The monoisotopic (exact) mass is 453 g/mol. The SMILES string of the molecule is O=C1S/C(=C\c2ccc(OCc3c(F)cccc3Cl)cc2)C(=O)N1Cc1ccccc1. The maximum atomic E-state index is 13.8. The Hall–Kier alpha value is -3.09. The molecule has 0 aliphatic carbocycles. The van der Waals surface area contributed by atoms with Crippen LogP contribution in [0.25, 0.3) is 6.08 Å². The molecule has 0 aromatic heterocycles. The van der Waals surface area contributed by atoms with E-state index in [0.29, 0.717) is 21.2 Å². The van der Waals surface area contributed by atoms with Gasteiger partial charge in [0.05, 0.1) is 16.5 Å². The molecule has 3 aromatic rings. The summed E-state index contributed by atoms with van der Waals surface area (Å²) in [5, 5.41) is 0.0182. The van der Waals surface area contributed by atoms with Gasteiger partial charge in [-0.2, -0.15) is 0 Å². The quantitative estimate of drug-likeness (QED) is 0.411. The van der Waals surface area contributed by atoms with Gasteiger partial charge in [-0.15, -0.1) is 0 Å². The lowest BCUT2D eigenvalue weighted by Crippen LogP contribution is -2.27. The fourth-order valence-corrected chi connectivity index (χ4v) is 4.10. The number of hydrogen-bond donors (Lipinski definition) is 0. The van der Waals surface area contributed by atoms with Crippen LogP contribution < -0.4 is 4.74 Å². The maximum absolute atomic E-state index is 13.8. The minimum absolute atomic E-state index is 0.00320. The van der Waals surface area contributed by atoms with E-state index in [1.807, 2.05) is 30.3 Å². The lowest BCUT2D eigenvalue weighted by molar-refractivity contribution is -0.123. The second-order valence-electron chi connectivity index (χ2n) is 6.81. The number of benzene rings is 3. The Bertz CT molecular complexity index is 1130. The van der Waals surface area contributed by atoms with Crippen LogP contribution >= 0.6 is 23.4 Å². The molecule has 2 amide bonds. The first kappa shape index (κ1) is 21.2. The van der Waals surface area contributed by atoms with Crippen molar-refractivity contribution >= 4 is 40.6 Å². The van der Waals surface area contributed by atoms with Crippen molar-refractivity contribution in [3.8, 4) is 5.75 Å². The maximum Gasteiger partial charge on any atom is 0.293 e. The molecule has 4 rings (SSSR count). The van der Waals surface area contributed by atoms with Crippen molar-refractivity contribution < 1.29 is 18.7 Å². The topological polar surface area (TPSA) is 46.6 Å². The third-order valence-corrected chi connectivity index (χ3v) is 5.94. The van der Waals surface area contributed by atoms with Crippen molar-refractivity contribution in [2.75, 3.05) is 0 Å². The first-order valence-corrected chi connectivity index (χ1v) is 10.7. The molecular weight excluding hydrogens is 437 g/mol. The zero-order chi connectivity index (χ0) is 21.8. The van der Waals surface area contributed by atoms with Gasteiger partial charge in [0.2, 0.25) is 0 Å². The van der Waals surface area contributed by atoms with E-state index in [0.717, 1.165) is 22.9 Å². The van der Waals surface area contributed by atoms with Gasteiger partial charge in [-0.05, 0) is 53.2 Å². The predicted octanol–water partition coefficient (Wildman–Crippen LogP) is 6.29. The Kier molecular flexibility index (Phi) is 6.39. The van der Waals surface area contributed by atoms with Crippen LogP contribution in [0.3, 0.4) is 0 Å². The highest BCUT2D eigenvalue weighted by Gasteiger charge is 2.34. The fraction of sp³-hybridized carbons (Fsp3) is 0.0833. The van der Waals surface area contributed by atoms with E-state index in [1.165, 1.54) is 17.0 Å². The Balaban J connectivity index is 1.42. The number of halogens is 2. The molecule has 0 saturated carbocycles. The number of thioether (sulfide) groups is 1. The van der Waals surface area contributed by atoms with Crippen molar-refractivity contribution in [1.82, 2.24) is 4.90 Å². The molecule has 3 aromatic carbocycles. The van der Waals surface area contributed by atoms with Crippen LogP contribution in [0.2, 0.25) is 5.02 Å². The van der Waals surface area contributed by atoms with Crippen molar-refractivity contribution in [1.29, 1.82) is 0 Å². The molecule has 0 unspecified atom stereocenters. The molecule has 156 valence electrons. The van der Waals surface area contributed by atoms with E-state index in [-0.39, 0.29) is 24.3 Å². The van der Waals surface area contributed by atoms with Gasteiger partial charge in [-0.3, -0.25) is 14.5 Å². The number of carbonyl (C=O) groups is 2. The lowest BCUT2D eigenvalue weighted by atomic mass is 10.2. The third-order valence-electron chi connectivity index (χ3n) is 4.68.